The zero-order valence-electron chi connectivity index (χ0n) is 11.7. The zero-order valence-corrected chi connectivity index (χ0v) is 11.7. The van der Waals surface area contributed by atoms with Crippen LogP contribution in [0.15, 0.2) is 30.3 Å². The molecule has 0 bridgehead atoms. The summed E-state index contributed by atoms with van der Waals surface area (Å²) in [6, 6.07) is 10.3. The molecule has 1 aromatic rings. The first-order chi connectivity index (χ1) is 9.80. The SMILES string of the molecule is O=C(NC1(c2ccccc2)CCCC1)C1CNCCO1. The summed E-state index contributed by atoms with van der Waals surface area (Å²) in [6.07, 6.45) is 4.01. The Labute approximate surface area is 119 Å². The van der Waals surface area contributed by atoms with Crippen molar-refractivity contribution in [3.63, 3.8) is 0 Å². The number of ether oxygens (including phenoxy) is 1. The summed E-state index contributed by atoms with van der Waals surface area (Å²) in [5, 5.41) is 6.48. The fourth-order valence-corrected chi connectivity index (χ4v) is 3.27. The Morgan fingerprint density at radius 3 is 2.65 bits per heavy atom. The third kappa shape index (κ3) is 2.72. The van der Waals surface area contributed by atoms with Gasteiger partial charge < -0.3 is 15.4 Å². The number of nitrogens with one attached hydrogen (secondary N) is 2. The molecular weight excluding hydrogens is 252 g/mol. The van der Waals surface area contributed by atoms with Gasteiger partial charge in [-0.05, 0) is 18.4 Å². The molecule has 1 aromatic carbocycles. The van der Waals surface area contributed by atoms with Crippen molar-refractivity contribution in [2.45, 2.75) is 37.3 Å². The van der Waals surface area contributed by atoms with Crippen molar-refractivity contribution in [3.8, 4) is 0 Å². The minimum absolute atomic E-state index is 0.0166. The Morgan fingerprint density at radius 2 is 2.00 bits per heavy atom. The maximum atomic E-state index is 12.5. The van der Waals surface area contributed by atoms with E-state index in [4.69, 9.17) is 4.74 Å². The highest BCUT2D eigenvalue weighted by Crippen LogP contribution is 2.38. The Morgan fingerprint density at radius 1 is 1.25 bits per heavy atom. The molecule has 1 unspecified atom stereocenters. The Kier molecular flexibility index (Phi) is 4.03. The van der Waals surface area contributed by atoms with Gasteiger partial charge in [0, 0.05) is 13.1 Å². The number of hydrogen-bond donors (Lipinski definition) is 2. The largest absolute Gasteiger partial charge is 0.366 e. The van der Waals surface area contributed by atoms with E-state index in [2.05, 4.69) is 22.8 Å². The number of hydrogen-bond acceptors (Lipinski definition) is 3. The summed E-state index contributed by atoms with van der Waals surface area (Å²) in [5.41, 5.74) is 1.02. The van der Waals surface area contributed by atoms with Crippen LogP contribution in [0.4, 0.5) is 0 Å². The second-order valence-electron chi connectivity index (χ2n) is 5.71. The number of amides is 1. The van der Waals surface area contributed by atoms with Crippen LogP contribution >= 0.6 is 0 Å². The van der Waals surface area contributed by atoms with Crippen molar-refractivity contribution in [1.82, 2.24) is 10.6 Å². The van der Waals surface area contributed by atoms with Crippen LogP contribution in [0.1, 0.15) is 31.2 Å². The van der Waals surface area contributed by atoms with Crippen LogP contribution in [0.3, 0.4) is 0 Å². The van der Waals surface area contributed by atoms with Gasteiger partial charge in [-0.1, -0.05) is 43.2 Å². The topological polar surface area (TPSA) is 50.4 Å². The van der Waals surface area contributed by atoms with Crippen LogP contribution in [-0.2, 0) is 15.1 Å². The second kappa shape index (κ2) is 5.94. The lowest BCUT2D eigenvalue weighted by molar-refractivity contribution is -0.136. The molecule has 1 saturated heterocycles. The molecule has 1 amide bonds. The highest BCUT2D eigenvalue weighted by molar-refractivity contribution is 5.82. The molecular formula is C16H22N2O2. The van der Waals surface area contributed by atoms with Gasteiger partial charge in [0.2, 0.25) is 0 Å². The quantitative estimate of drug-likeness (QED) is 0.879. The van der Waals surface area contributed by atoms with E-state index in [-0.39, 0.29) is 17.6 Å². The molecule has 4 heteroatoms. The van der Waals surface area contributed by atoms with E-state index in [9.17, 15) is 4.79 Å². The van der Waals surface area contributed by atoms with Crippen LogP contribution in [0.25, 0.3) is 0 Å². The fraction of sp³-hybridized carbons (Fsp3) is 0.562. The lowest BCUT2D eigenvalue weighted by atomic mass is 9.88. The molecule has 1 heterocycles. The van der Waals surface area contributed by atoms with Gasteiger partial charge in [-0.15, -0.1) is 0 Å². The van der Waals surface area contributed by atoms with Gasteiger partial charge in [0.1, 0.15) is 6.10 Å². The summed E-state index contributed by atoms with van der Waals surface area (Å²) in [5.74, 6) is 0.0166. The van der Waals surface area contributed by atoms with Crippen molar-refractivity contribution >= 4 is 5.91 Å². The molecule has 2 aliphatic rings. The van der Waals surface area contributed by atoms with Crippen molar-refractivity contribution in [2.24, 2.45) is 0 Å². The molecule has 0 radical (unpaired) electrons. The van der Waals surface area contributed by atoms with Gasteiger partial charge >= 0.3 is 0 Å². The molecule has 20 heavy (non-hydrogen) atoms. The monoisotopic (exact) mass is 274 g/mol. The van der Waals surface area contributed by atoms with Crippen molar-refractivity contribution in [1.29, 1.82) is 0 Å². The Bertz CT molecular complexity index is 449. The average Bonchev–Trinajstić information content (AvgIpc) is 2.99. The Balaban J connectivity index is 1.76. The predicted octanol–water partition coefficient (Wildman–Crippen LogP) is 1.56. The number of morpholine rings is 1. The summed E-state index contributed by atoms with van der Waals surface area (Å²) in [7, 11) is 0. The normalized spacial score (nSPS) is 25.3. The molecule has 0 spiro atoms. The zero-order chi connectivity index (χ0) is 13.8. The van der Waals surface area contributed by atoms with Gasteiger partial charge in [0.25, 0.3) is 5.91 Å². The summed E-state index contributed by atoms with van der Waals surface area (Å²) >= 11 is 0. The molecule has 1 aliphatic carbocycles. The molecule has 0 aromatic heterocycles. The summed E-state index contributed by atoms with van der Waals surface area (Å²) in [6.45, 7) is 2.04. The highest BCUT2D eigenvalue weighted by atomic mass is 16.5. The minimum atomic E-state index is -0.357. The van der Waals surface area contributed by atoms with E-state index in [0.29, 0.717) is 13.2 Å². The molecule has 108 valence electrons. The number of rotatable bonds is 3. The van der Waals surface area contributed by atoms with E-state index in [1.54, 1.807) is 0 Å². The summed E-state index contributed by atoms with van der Waals surface area (Å²) < 4.78 is 5.56. The third-order valence-electron chi connectivity index (χ3n) is 4.37. The van der Waals surface area contributed by atoms with E-state index < -0.39 is 0 Å². The maximum Gasteiger partial charge on any atom is 0.251 e. The standard InChI is InChI=1S/C16H22N2O2/c19-15(14-12-17-10-11-20-14)18-16(8-4-5-9-16)13-6-2-1-3-7-13/h1-3,6-7,14,17H,4-5,8-12H2,(H,18,19). The smallest absolute Gasteiger partial charge is 0.251 e. The Hall–Kier alpha value is -1.39. The van der Waals surface area contributed by atoms with E-state index in [1.807, 2.05) is 18.2 Å². The summed E-state index contributed by atoms with van der Waals surface area (Å²) in [4.78, 5) is 12.5. The minimum Gasteiger partial charge on any atom is -0.366 e. The third-order valence-corrected chi connectivity index (χ3v) is 4.37. The van der Waals surface area contributed by atoms with Crippen LogP contribution in [0.2, 0.25) is 0 Å². The van der Waals surface area contributed by atoms with E-state index in [0.717, 1.165) is 19.4 Å². The fourth-order valence-electron chi connectivity index (χ4n) is 3.27. The van der Waals surface area contributed by atoms with Gasteiger partial charge in [-0.3, -0.25) is 4.79 Å². The molecule has 4 nitrogen and oxygen atoms in total. The van der Waals surface area contributed by atoms with Crippen LogP contribution in [0, 0.1) is 0 Å². The van der Waals surface area contributed by atoms with E-state index in [1.165, 1.54) is 18.4 Å². The number of carbonyl (C=O) groups excluding carboxylic acids is 1. The van der Waals surface area contributed by atoms with Crippen LogP contribution in [-0.4, -0.2) is 31.7 Å². The molecule has 2 fully saturated rings. The van der Waals surface area contributed by atoms with Crippen molar-refractivity contribution in [3.05, 3.63) is 35.9 Å². The predicted molar refractivity (Wildman–Crippen MR) is 77.3 cm³/mol. The van der Waals surface area contributed by atoms with Crippen molar-refractivity contribution in [2.75, 3.05) is 19.7 Å². The first kappa shape index (κ1) is 13.6. The first-order valence-electron chi connectivity index (χ1n) is 7.50. The van der Waals surface area contributed by atoms with E-state index >= 15 is 0 Å². The van der Waals surface area contributed by atoms with Crippen molar-refractivity contribution < 1.29 is 9.53 Å². The molecule has 1 aliphatic heterocycles. The highest BCUT2D eigenvalue weighted by Gasteiger charge is 2.38. The molecule has 1 atom stereocenters. The van der Waals surface area contributed by atoms with Gasteiger partial charge in [-0.25, -0.2) is 0 Å². The van der Waals surface area contributed by atoms with Crippen LogP contribution < -0.4 is 10.6 Å². The molecule has 2 N–H and O–H groups in total. The molecule has 1 saturated carbocycles. The second-order valence-corrected chi connectivity index (χ2v) is 5.71. The van der Waals surface area contributed by atoms with Gasteiger partial charge in [0.15, 0.2) is 0 Å². The van der Waals surface area contributed by atoms with Gasteiger partial charge in [-0.2, -0.15) is 0 Å². The van der Waals surface area contributed by atoms with Gasteiger partial charge in [0.05, 0.1) is 12.1 Å². The van der Waals surface area contributed by atoms with Crippen LogP contribution in [0.5, 0.6) is 0 Å². The number of carbonyl (C=O) groups is 1. The maximum absolute atomic E-state index is 12.5. The number of benzene rings is 1. The average molecular weight is 274 g/mol. The first-order valence-corrected chi connectivity index (χ1v) is 7.50. The lowest BCUT2D eigenvalue weighted by Crippen LogP contribution is -2.53. The lowest BCUT2D eigenvalue weighted by Gasteiger charge is -2.33. The molecule has 3 rings (SSSR count).